The molecule has 0 saturated carbocycles. The van der Waals surface area contributed by atoms with E-state index in [1.807, 2.05) is 19.1 Å². The van der Waals surface area contributed by atoms with Gasteiger partial charge in [0.25, 0.3) is 5.91 Å². The predicted molar refractivity (Wildman–Crippen MR) is 90.1 cm³/mol. The maximum absolute atomic E-state index is 12.9. The number of benzene rings is 1. The number of amides is 1. The zero-order chi connectivity index (χ0) is 17.1. The van der Waals surface area contributed by atoms with Gasteiger partial charge in [-0.3, -0.25) is 4.79 Å². The van der Waals surface area contributed by atoms with Crippen molar-refractivity contribution in [3.8, 4) is 0 Å². The molecule has 6 heteroatoms. The summed E-state index contributed by atoms with van der Waals surface area (Å²) in [6.07, 6.45) is 1.09. The summed E-state index contributed by atoms with van der Waals surface area (Å²) in [6, 6.07) is 8.64. The van der Waals surface area contributed by atoms with Gasteiger partial charge in [0.15, 0.2) is 0 Å². The third kappa shape index (κ3) is 3.48. The van der Waals surface area contributed by atoms with Crippen LogP contribution in [0.15, 0.2) is 41.0 Å². The number of hydrogen-bond acceptors (Lipinski definition) is 4. The Bertz CT molecular complexity index is 701. The fourth-order valence-electron chi connectivity index (χ4n) is 2.94. The first-order valence-corrected chi connectivity index (χ1v) is 8.31. The summed E-state index contributed by atoms with van der Waals surface area (Å²) < 4.78 is 10.7. The molecule has 0 bridgehead atoms. The second kappa shape index (κ2) is 7.38. The number of morpholine rings is 1. The molecule has 1 aromatic heterocycles. The van der Waals surface area contributed by atoms with E-state index in [0.717, 1.165) is 5.56 Å². The first-order chi connectivity index (χ1) is 11.6. The van der Waals surface area contributed by atoms with Gasteiger partial charge in [-0.15, -0.1) is 0 Å². The van der Waals surface area contributed by atoms with Crippen LogP contribution in [0.25, 0.3) is 0 Å². The maximum atomic E-state index is 12.9. The molecule has 2 unspecified atom stereocenters. The fourth-order valence-corrected chi connectivity index (χ4v) is 3.15. The minimum Gasteiger partial charge on any atom is -0.467 e. The Labute approximate surface area is 145 Å². The van der Waals surface area contributed by atoms with Crippen LogP contribution in [-0.2, 0) is 4.74 Å². The first-order valence-electron chi connectivity index (χ1n) is 7.93. The quantitative estimate of drug-likeness (QED) is 0.920. The highest BCUT2D eigenvalue weighted by atomic mass is 35.5. The molecule has 128 valence electrons. The number of rotatable bonds is 4. The summed E-state index contributed by atoms with van der Waals surface area (Å²) in [5, 5.41) is 10.8. The molecule has 1 saturated heterocycles. The van der Waals surface area contributed by atoms with Crippen LogP contribution in [0.4, 0.5) is 0 Å². The molecule has 1 fully saturated rings. The number of aliphatic hydroxyl groups is 1. The molecule has 2 heterocycles. The van der Waals surface area contributed by atoms with Crippen LogP contribution in [0.3, 0.4) is 0 Å². The second-order valence-electron chi connectivity index (χ2n) is 5.93. The van der Waals surface area contributed by atoms with Crippen molar-refractivity contribution < 1.29 is 19.1 Å². The third-order valence-corrected chi connectivity index (χ3v) is 4.78. The normalized spacial score (nSPS) is 19.3. The van der Waals surface area contributed by atoms with E-state index in [2.05, 4.69) is 0 Å². The van der Waals surface area contributed by atoms with Crippen LogP contribution in [0.1, 0.15) is 34.2 Å². The third-order valence-electron chi connectivity index (χ3n) is 4.28. The van der Waals surface area contributed by atoms with Crippen molar-refractivity contribution in [1.29, 1.82) is 0 Å². The van der Waals surface area contributed by atoms with E-state index in [1.54, 1.807) is 23.1 Å². The van der Waals surface area contributed by atoms with Crippen molar-refractivity contribution in [3.63, 3.8) is 0 Å². The average molecular weight is 350 g/mol. The van der Waals surface area contributed by atoms with E-state index >= 15 is 0 Å². The number of furan rings is 1. The number of ether oxygens (including phenoxy) is 1. The van der Waals surface area contributed by atoms with Gasteiger partial charge in [0, 0.05) is 13.0 Å². The van der Waals surface area contributed by atoms with E-state index in [4.69, 9.17) is 20.8 Å². The zero-order valence-corrected chi connectivity index (χ0v) is 14.2. The van der Waals surface area contributed by atoms with Crippen molar-refractivity contribution in [2.75, 3.05) is 19.8 Å². The topological polar surface area (TPSA) is 62.9 Å². The summed E-state index contributed by atoms with van der Waals surface area (Å²) >= 11 is 6.30. The van der Waals surface area contributed by atoms with Crippen LogP contribution < -0.4 is 0 Å². The summed E-state index contributed by atoms with van der Waals surface area (Å²) in [7, 11) is 0. The summed E-state index contributed by atoms with van der Waals surface area (Å²) in [4.78, 5) is 14.7. The first kappa shape index (κ1) is 17.0. The Morgan fingerprint density at radius 1 is 1.42 bits per heavy atom. The Hall–Kier alpha value is -1.82. The molecular weight excluding hydrogens is 330 g/mol. The lowest BCUT2D eigenvalue weighted by atomic mass is 10.0. The summed E-state index contributed by atoms with van der Waals surface area (Å²) in [5.41, 5.74) is 1.35. The zero-order valence-electron chi connectivity index (χ0n) is 13.4. The largest absolute Gasteiger partial charge is 0.467 e. The lowest BCUT2D eigenvalue weighted by molar-refractivity contribution is -0.0195. The maximum Gasteiger partial charge on any atom is 0.255 e. The van der Waals surface area contributed by atoms with Gasteiger partial charge in [0.2, 0.25) is 0 Å². The van der Waals surface area contributed by atoms with Gasteiger partial charge in [0.1, 0.15) is 11.9 Å². The van der Waals surface area contributed by atoms with Crippen molar-refractivity contribution in [3.05, 3.63) is 58.5 Å². The van der Waals surface area contributed by atoms with Gasteiger partial charge in [-0.25, -0.2) is 0 Å². The Kier molecular flexibility index (Phi) is 5.23. The molecular formula is C18H20ClNO4. The van der Waals surface area contributed by atoms with E-state index in [-0.39, 0.29) is 11.9 Å². The van der Waals surface area contributed by atoms with E-state index in [0.29, 0.717) is 42.5 Å². The molecule has 0 aliphatic carbocycles. The Balaban J connectivity index is 1.79. The van der Waals surface area contributed by atoms with Crippen LogP contribution in [-0.4, -0.2) is 41.7 Å². The van der Waals surface area contributed by atoms with Gasteiger partial charge in [-0.1, -0.05) is 23.7 Å². The monoisotopic (exact) mass is 349 g/mol. The van der Waals surface area contributed by atoms with Gasteiger partial charge in [0.05, 0.1) is 36.1 Å². The van der Waals surface area contributed by atoms with E-state index in [1.165, 1.54) is 6.26 Å². The smallest absolute Gasteiger partial charge is 0.255 e. The van der Waals surface area contributed by atoms with Crippen LogP contribution in [0, 0.1) is 6.92 Å². The molecule has 3 rings (SSSR count). The second-order valence-corrected chi connectivity index (χ2v) is 6.31. The molecule has 5 nitrogen and oxygen atoms in total. The van der Waals surface area contributed by atoms with Crippen LogP contribution >= 0.6 is 11.6 Å². The molecule has 1 amide bonds. The predicted octanol–water partition coefficient (Wildman–Crippen LogP) is 3.21. The van der Waals surface area contributed by atoms with E-state index in [9.17, 15) is 9.90 Å². The standard InChI is InChI=1S/C18H20ClNO4/c1-12-4-2-5-14(17(12)19)18(22)20-7-9-23-11-13(20)10-15(21)16-6-3-8-24-16/h2-6,8,13,15,21H,7,9-11H2,1H3. The van der Waals surface area contributed by atoms with Crippen molar-refractivity contribution in [2.24, 2.45) is 0 Å². The molecule has 1 aromatic carbocycles. The fraction of sp³-hybridized carbons (Fsp3) is 0.389. The number of aliphatic hydroxyl groups excluding tert-OH is 1. The summed E-state index contributed by atoms with van der Waals surface area (Å²) in [6.45, 7) is 3.20. The van der Waals surface area contributed by atoms with Gasteiger partial charge >= 0.3 is 0 Å². The number of nitrogens with zero attached hydrogens (tertiary/aromatic N) is 1. The molecule has 2 aromatic rings. The number of carbonyl (C=O) groups excluding carboxylic acids is 1. The highest BCUT2D eigenvalue weighted by Gasteiger charge is 2.31. The molecule has 1 aliphatic heterocycles. The highest BCUT2D eigenvalue weighted by molar-refractivity contribution is 6.34. The molecule has 0 spiro atoms. The minimum atomic E-state index is -0.782. The van der Waals surface area contributed by atoms with Crippen molar-refractivity contribution in [1.82, 2.24) is 4.90 Å². The lowest BCUT2D eigenvalue weighted by Gasteiger charge is -2.36. The van der Waals surface area contributed by atoms with Crippen molar-refractivity contribution in [2.45, 2.75) is 25.5 Å². The van der Waals surface area contributed by atoms with Crippen LogP contribution in [0.5, 0.6) is 0 Å². The van der Waals surface area contributed by atoms with E-state index < -0.39 is 6.10 Å². The minimum absolute atomic E-state index is 0.136. The molecule has 1 N–H and O–H groups in total. The molecule has 0 radical (unpaired) electrons. The SMILES string of the molecule is Cc1cccc(C(=O)N2CCOCC2CC(O)c2ccco2)c1Cl. The number of hydrogen-bond donors (Lipinski definition) is 1. The molecule has 1 aliphatic rings. The lowest BCUT2D eigenvalue weighted by Crippen LogP contribution is -2.49. The summed E-state index contributed by atoms with van der Waals surface area (Å²) in [5.74, 6) is 0.352. The van der Waals surface area contributed by atoms with Crippen LogP contribution in [0.2, 0.25) is 5.02 Å². The Morgan fingerprint density at radius 3 is 3.00 bits per heavy atom. The number of aryl methyl sites for hydroxylation is 1. The highest BCUT2D eigenvalue weighted by Crippen LogP contribution is 2.27. The Morgan fingerprint density at radius 2 is 2.25 bits per heavy atom. The molecule has 2 atom stereocenters. The average Bonchev–Trinajstić information content (AvgIpc) is 3.12. The van der Waals surface area contributed by atoms with Gasteiger partial charge in [-0.2, -0.15) is 0 Å². The van der Waals surface area contributed by atoms with Gasteiger partial charge < -0.3 is 19.2 Å². The van der Waals surface area contributed by atoms with Crippen molar-refractivity contribution >= 4 is 17.5 Å². The van der Waals surface area contributed by atoms with Gasteiger partial charge in [-0.05, 0) is 30.7 Å². The molecule has 24 heavy (non-hydrogen) atoms. The number of carbonyl (C=O) groups is 1. The number of halogens is 1.